The number of aromatic nitrogens is 1. The van der Waals surface area contributed by atoms with Crippen molar-refractivity contribution in [3.8, 4) is 0 Å². The lowest BCUT2D eigenvalue weighted by molar-refractivity contribution is -0.147. The van der Waals surface area contributed by atoms with Gasteiger partial charge in [-0.1, -0.05) is 6.92 Å². The molecule has 0 aromatic carbocycles. The highest BCUT2D eigenvalue weighted by Gasteiger charge is 2.30. The largest absolute Gasteiger partial charge is 0.481 e. The first-order valence-corrected chi connectivity index (χ1v) is 6.04. The van der Waals surface area contributed by atoms with E-state index >= 15 is 0 Å². The minimum absolute atomic E-state index is 0.230. The molecule has 0 saturated heterocycles. The average molecular weight is 265 g/mol. The molecule has 104 valence electrons. The van der Waals surface area contributed by atoms with Gasteiger partial charge in [-0.2, -0.15) is 0 Å². The molecule has 4 N–H and O–H groups in total. The van der Waals surface area contributed by atoms with Crippen LogP contribution >= 0.6 is 0 Å². The molecular formula is C13H19N3O3. The van der Waals surface area contributed by atoms with Crippen LogP contribution in [-0.2, 0) is 4.79 Å². The molecule has 0 spiro atoms. The first-order chi connectivity index (χ1) is 8.78. The fourth-order valence-corrected chi connectivity index (χ4v) is 1.54. The zero-order valence-electron chi connectivity index (χ0n) is 11.4. The van der Waals surface area contributed by atoms with Crippen LogP contribution in [0, 0.1) is 12.3 Å². The summed E-state index contributed by atoms with van der Waals surface area (Å²) < 4.78 is 0. The van der Waals surface area contributed by atoms with Gasteiger partial charge in [0.05, 0.1) is 5.41 Å². The van der Waals surface area contributed by atoms with Crippen molar-refractivity contribution in [2.75, 3.05) is 11.9 Å². The highest BCUT2D eigenvalue weighted by molar-refractivity contribution is 5.93. The summed E-state index contributed by atoms with van der Waals surface area (Å²) in [6.07, 6.45) is 0.490. The van der Waals surface area contributed by atoms with Gasteiger partial charge in [-0.3, -0.25) is 9.59 Å². The van der Waals surface area contributed by atoms with Gasteiger partial charge in [-0.05, 0) is 32.4 Å². The fourth-order valence-electron chi connectivity index (χ4n) is 1.54. The molecule has 0 aliphatic heterocycles. The van der Waals surface area contributed by atoms with Gasteiger partial charge in [0.15, 0.2) is 0 Å². The molecular weight excluding hydrogens is 246 g/mol. The Morgan fingerprint density at radius 2 is 2.11 bits per heavy atom. The number of hydrogen-bond donors (Lipinski definition) is 3. The zero-order valence-corrected chi connectivity index (χ0v) is 11.4. The van der Waals surface area contributed by atoms with Gasteiger partial charge in [-0.25, -0.2) is 4.98 Å². The Balaban J connectivity index is 2.89. The van der Waals surface area contributed by atoms with Crippen molar-refractivity contribution >= 4 is 17.7 Å². The number of nitrogens with two attached hydrogens (primary N) is 1. The molecule has 0 fully saturated rings. The van der Waals surface area contributed by atoms with Crippen molar-refractivity contribution in [3.05, 3.63) is 23.4 Å². The second-order valence-corrected chi connectivity index (χ2v) is 4.82. The number of hydrogen-bond acceptors (Lipinski definition) is 4. The summed E-state index contributed by atoms with van der Waals surface area (Å²) in [4.78, 5) is 26.5. The molecule has 19 heavy (non-hydrogen) atoms. The van der Waals surface area contributed by atoms with Gasteiger partial charge in [0.25, 0.3) is 0 Å². The minimum atomic E-state index is -0.877. The van der Waals surface area contributed by atoms with Crippen molar-refractivity contribution in [2.24, 2.45) is 11.1 Å². The van der Waals surface area contributed by atoms with E-state index in [1.807, 2.05) is 6.92 Å². The van der Waals surface area contributed by atoms with E-state index < -0.39 is 17.3 Å². The number of anilines is 1. The maximum absolute atomic E-state index is 11.2. The first-order valence-electron chi connectivity index (χ1n) is 6.04. The summed E-state index contributed by atoms with van der Waals surface area (Å²) in [7, 11) is 0. The Bertz CT molecular complexity index is 502. The Morgan fingerprint density at radius 3 is 2.58 bits per heavy atom. The van der Waals surface area contributed by atoms with E-state index in [4.69, 9.17) is 5.73 Å². The lowest BCUT2D eigenvalue weighted by Crippen LogP contribution is -2.34. The van der Waals surface area contributed by atoms with Crippen molar-refractivity contribution in [1.82, 2.24) is 4.98 Å². The molecule has 1 rings (SSSR count). The molecule has 0 radical (unpaired) electrons. The van der Waals surface area contributed by atoms with E-state index in [-0.39, 0.29) is 6.54 Å². The van der Waals surface area contributed by atoms with Crippen LogP contribution in [0.1, 0.15) is 36.3 Å². The molecule has 1 amide bonds. The van der Waals surface area contributed by atoms with Gasteiger partial charge >= 0.3 is 5.97 Å². The van der Waals surface area contributed by atoms with Gasteiger partial charge in [0, 0.05) is 17.8 Å². The maximum atomic E-state index is 11.2. The zero-order chi connectivity index (χ0) is 14.6. The second-order valence-electron chi connectivity index (χ2n) is 4.82. The van der Waals surface area contributed by atoms with E-state index in [2.05, 4.69) is 10.3 Å². The summed E-state index contributed by atoms with van der Waals surface area (Å²) in [5.74, 6) is -0.954. The molecule has 0 bridgehead atoms. The van der Waals surface area contributed by atoms with E-state index in [9.17, 15) is 14.7 Å². The number of carbonyl (C=O) groups excluding carboxylic acids is 1. The molecule has 6 heteroatoms. The van der Waals surface area contributed by atoms with Crippen LogP contribution in [0.15, 0.2) is 12.1 Å². The number of amides is 1. The number of aliphatic carboxylic acids is 1. The summed E-state index contributed by atoms with van der Waals surface area (Å²) >= 11 is 0. The van der Waals surface area contributed by atoms with Crippen LogP contribution in [0.2, 0.25) is 0 Å². The molecule has 1 unspecified atom stereocenters. The minimum Gasteiger partial charge on any atom is -0.481 e. The Hall–Kier alpha value is -2.11. The lowest BCUT2D eigenvalue weighted by Gasteiger charge is -2.23. The molecule has 1 aromatic heterocycles. The Kier molecular flexibility index (Phi) is 4.47. The van der Waals surface area contributed by atoms with Crippen LogP contribution in [0.4, 0.5) is 5.82 Å². The number of nitrogens with zero attached hydrogens (tertiary/aromatic N) is 1. The number of carboxylic acids is 1. The van der Waals surface area contributed by atoms with Gasteiger partial charge in [-0.15, -0.1) is 0 Å². The summed E-state index contributed by atoms with van der Waals surface area (Å²) in [5, 5.41) is 12.1. The molecule has 0 saturated carbocycles. The quantitative estimate of drug-likeness (QED) is 0.721. The summed E-state index contributed by atoms with van der Waals surface area (Å²) in [5.41, 5.74) is 5.34. The first kappa shape index (κ1) is 14.9. The number of primary amides is 1. The average Bonchev–Trinajstić information content (AvgIpc) is 2.35. The third-order valence-corrected chi connectivity index (χ3v) is 3.19. The number of pyridine rings is 1. The topological polar surface area (TPSA) is 105 Å². The number of carboxylic acid groups (broad SMARTS) is 1. The standard InChI is InChI=1S/C13H19N3O3/c1-4-13(3,12(18)19)7-15-10-6-9(11(14)17)5-8(2)16-10/h5-6H,4,7H2,1-3H3,(H2,14,17)(H,15,16)(H,18,19). The van der Waals surface area contributed by atoms with E-state index in [1.54, 1.807) is 19.9 Å². The number of carbonyl (C=O) groups is 2. The highest BCUT2D eigenvalue weighted by atomic mass is 16.4. The van der Waals surface area contributed by atoms with Crippen molar-refractivity contribution < 1.29 is 14.7 Å². The predicted octanol–water partition coefficient (Wildman–Crippen LogP) is 1.40. The highest BCUT2D eigenvalue weighted by Crippen LogP contribution is 2.22. The Labute approximate surface area is 112 Å². The van der Waals surface area contributed by atoms with E-state index in [0.29, 0.717) is 23.5 Å². The van der Waals surface area contributed by atoms with Gasteiger partial charge in [0.2, 0.25) is 5.91 Å². The van der Waals surface area contributed by atoms with Gasteiger partial charge in [0.1, 0.15) is 5.82 Å². The smallest absolute Gasteiger partial charge is 0.311 e. The number of aryl methyl sites for hydroxylation is 1. The van der Waals surface area contributed by atoms with Crippen LogP contribution in [0.25, 0.3) is 0 Å². The molecule has 1 aromatic rings. The third kappa shape index (κ3) is 3.67. The van der Waals surface area contributed by atoms with Crippen molar-refractivity contribution in [2.45, 2.75) is 27.2 Å². The van der Waals surface area contributed by atoms with Gasteiger partial charge < -0.3 is 16.2 Å². The number of nitrogens with one attached hydrogen (secondary N) is 1. The lowest BCUT2D eigenvalue weighted by atomic mass is 9.88. The molecule has 1 atom stereocenters. The molecule has 0 aliphatic carbocycles. The molecule has 0 aliphatic rings. The fraction of sp³-hybridized carbons (Fsp3) is 0.462. The van der Waals surface area contributed by atoms with E-state index in [0.717, 1.165) is 0 Å². The number of rotatable bonds is 6. The summed E-state index contributed by atoms with van der Waals surface area (Å²) in [6, 6.07) is 3.11. The monoisotopic (exact) mass is 265 g/mol. The van der Waals surface area contributed by atoms with Crippen LogP contribution in [-0.4, -0.2) is 28.5 Å². The second kappa shape index (κ2) is 5.69. The van der Waals surface area contributed by atoms with E-state index in [1.165, 1.54) is 6.07 Å². The van der Waals surface area contributed by atoms with Crippen LogP contribution in [0.3, 0.4) is 0 Å². The SMILES string of the molecule is CCC(C)(CNc1cc(C(N)=O)cc(C)n1)C(=O)O. The van der Waals surface area contributed by atoms with Crippen LogP contribution in [0.5, 0.6) is 0 Å². The molecule has 1 heterocycles. The third-order valence-electron chi connectivity index (χ3n) is 3.19. The normalized spacial score (nSPS) is 13.6. The summed E-state index contributed by atoms with van der Waals surface area (Å²) in [6.45, 7) is 5.45. The maximum Gasteiger partial charge on any atom is 0.311 e. The van der Waals surface area contributed by atoms with Crippen molar-refractivity contribution in [3.63, 3.8) is 0 Å². The van der Waals surface area contributed by atoms with Crippen LogP contribution < -0.4 is 11.1 Å². The Morgan fingerprint density at radius 1 is 1.47 bits per heavy atom. The predicted molar refractivity (Wildman–Crippen MR) is 72.0 cm³/mol. The van der Waals surface area contributed by atoms with Crippen molar-refractivity contribution in [1.29, 1.82) is 0 Å². The molecule has 6 nitrogen and oxygen atoms in total.